The number of aryl methyl sites for hydroxylation is 1. The maximum atomic E-state index is 13.6. The van der Waals surface area contributed by atoms with Crippen LogP contribution in [0.5, 0.6) is 0 Å². The first-order valence-corrected chi connectivity index (χ1v) is 14.5. The van der Waals surface area contributed by atoms with E-state index in [0.717, 1.165) is 60.1 Å². The number of aliphatic hydroxyl groups excluding tert-OH is 1. The monoisotopic (exact) mass is 662 g/mol. The third-order valence-electron chi connectivity index (χ3n) is 7.63. The number of nitrogens with zero attached hydrogens (tertiary/aromatic N) is 6. The number of tetrazole rings is 1. The van der Waals surface area contributed by atoms with E-state index in [4.69, 9.17) is 0 Å². The minimum absolute atomic E-state index is 0.0692. The van der Waals surface area contributed by atoms with Crippen molar-refractivity contribution in [3.63, 3.8) is 0 Å². The van der Waals surface area contributed by atoms with Crippen LogP contribution >= 0.6 is 15.9 Å². The molecule has 1 aliphatic carbocycles. The van der Waals surface area contributed by atoms with Crippen molar-refractivity contribution in [2.24, 2.45) is 18.9 Å². The molecule has 230 valence electrons. The van der Waals surface area contributed by atoms with E-state index in [1.807, 2.05) is 25.1 Å². The van der Waals surface area contributed by atoms with E-state index >= 15 is 0 Å². The Hall–Kier alpha value is -2.87. The van der Waals surface area contributed by atoms with Crippen LogP contribution in [0.2, 0.25) is 0 Å². The lowest BCUT2D eigenvalue weighted by atomic mass is 9.82. The Morgan fingerprint density at radius 3 is 2.05 bits per heavy atom. The zero-order valence-corrected chi connectivity index (χ0v) is 24.8. The molecule has 0 unspecified atom stereocenters. The molecule has 7 nitrogen and oxygen atoms in total. The average Bonchev–Trinajstić information content (AvgIpc) is 3.37. The molecule has 1 aliphatic rings. The van der Waals surface area contributed by atoms with E-state index in [0.29, 0.717) is 18.4 Å². The molecule has 0 spiro atoms. The molecule has 1 N–H and O–H groups in total. The molecule has 42 heavy (non-hydrogen) atoms. The second-order valence-electron chi connectivity index (χ2n) is 10.7. The van der Waals surface area contributed by atoms with E-state index in [-0.39, 0.29) is 37.3 Å². The molecule has 1 heterocycles. The lowest BCUT2D eigenvalue weighted by Gasteiger charge is -2.34. The van der Waals surface area contributed by atoms with Crippen LogP contribution in [0, 0.1) is 11.8 Å². The zero-order chi connectivity index (χ0) is 30.7. The van der Waals surface area contributed by atoms with Crippen molar-refractivity contribution < 1.29 is 31.4 Å². The van der Waals surface area contributed by atoms with Gasteiger partial charge in [0.2, 0.25) is 0 Å². The van der Waals surface area contributed by atoms with Gasteiger partial charge in [-0.1, -0.05) is 21.0 Å². The van der Waals surface area contributed by atoms with Crippen molar-refractivity contribution in [2.45, 2.75) is 58.0 Å². The van der Waals surface area contributed by atoms with Crippen molar-refractivity contribution in [3.8, 4) is 0 Å². The van der Waals surface area contributed by atoms with Gasteiger partial charge in [0, 0.05) is 42.9 Å². The van der Waals surface area contributed by atoms with Gasteiger partial charge < -0.3 is 14.9 Å². The molecule has 0 saturated heterocycles. The van der Waals surface area contributed by atoms with Crippen LogP contribution in [0.15, 0.2) is 40.9 Å². The second-order valence-corrected chi connectivity index (χ2v) is 11.6. The quantitative estimate of drug-likeness (QED) is 0.240. The van der Waals surface area contributed by atoms with Gasteiger partial charge in [0.15, 0.2) is 0 Å². The average molecular weight is 664 g/mol. The van der Waals surface area contributed by atoms with Crippen LogP contribution in [0.1, 0.15) is 54.9 Å². The highest BCUT2D eigenvalue weighted by Gasteiger charge is 2.37. The third kappa shape index (κ3) is 8.15. The van der Waals surface area contributed by atoms with Crippen molar-refractivity contribution in [3.05, 3.63) is 63.1 Å². The molecule has 1 fully saturated rings. The Kier molecular flexibility index (Phi) is 10.1. The number of aromatic nitrogens is 4. The van der Waals surface area contributed by atoms with Gasteiger partial charge in [0.05, 0.1) is 18.2 Å². The summed E-state index contributed by atoms with van der Waals surface area (Å²) in [6, 6.07) is 7.31. The summed E-state index contributed by atoms with van der Waals surface area (Å²) in [5, 5.41) is 21.5. The Morgan fingerprint density at radius 1 is 0.905 bits per heavy atom. The number of benzene rings is 2. The van der Waals surface area contributed by atoms with E-state index in [9.17, 15) is 31.4 Å². The van der Waals surface area contributed by atoms with Crippen LogP contribution in [0.3, 0.4) is 0 Å². The van der Waals surface area contributed by atoms with Crippen LogP contribution in [0.25, 0.3) is 0 Å². The molecule has 2 aromatic carbocycles. The summed E-state index contributed by atoms with van der Waals surface area (Å²) in [4.78, 5) is 4.94. The molecule has 0 amide bonds. The third-order valence-corrected chi connectivity index (χ3v) is 8.12. The summed E-state index contributed by atoms with van der Waals surface area (Å²) in [5.41, 5.74) is -1.25. The zero-order valence-electron chi connectivity index (χ0n) is 23.3. The topological polar surface area (TPSA) is 70.3 Å². The van der Waals surface area contributed by atoms with Gasteiger partial charge in [-0.15, -0.1) is 5.10 Å². The van der Waals surface area contributed by atoms with E-state index in [1.165, 1.54) is 16.7 Å². The molecule has 1 saturated carbocycles. The van der Waals surface area contributed by atoms with E-state index < -0.39 is 23.5 Å². The van der Waals surface area contributed by atoms with Crippen molar-refractivity contribution in [2.75, 3.05) is 29.5 Å². The number of halogens is 7. The number of anilines is 2. The smallest absolute Gasteiger partial charge is 0.396 e. The van der Waals surface area contributed by atoms with Gasteiger partial charge in [0.1, 0.15) is 0 Å². The van der Waals surface area contributed by atoms with Crippen molar-refractivity contribution in [1.82, 2.24) is 20.2 Å². The Balaban J connectivity index is 1.68. The molecule has 0 atom stereocenters. The minimum Gasteiger partial charge on any atom is -0.396 e. The summed E-state index contributed by atoms with van der Waals surface area (Å²) >= 11 is 3.50. The normalized spacial score (nSPS) is 17.9. The van der Waals surface area contributed by atoms with Crippen LogP contribution < -0.4 is 9.80 Å². The summed E-state index contributed by atoms with van der Waals surface area (Å²) < 4.78 is 82.2. The van der Waals surface area contributed by atoms with Crippen LogP contribution in [-0.2, 0) is 32.5 Å². The number of rotatable bonds is 10. The molecule has 14 heteroatoms. The second kappa shape index (κ2) is 13.2. The van der Waals surface area contributed by atoms with E-state index in [2.05, 4.69) is 36.2 Å². The highest BCUT2D eigenvalue weighted by Crippen LogP contribution is 2.37. The molecule has 0 radical (unpaired) electrons. The predicted octanol–water partition coefficient (Wildman–Crippen LogP) is 6.84. The number of hydrogen-bond donors (Lipinski definition) is 1. The Labute approximate surface area is 248 Å². The SMILES string of the molecule is CCN(CC1CCC(CO)CC1)c1ccc(Br)cc1CN(Cc1cc(C(F)(F)F)cc(C(F)(F)F)c1)c1nnn(C)n1. The molecule has 0 aliphatic heterocycles. The first kappa shape index (κ1) is 32.1. The Bertz CT molecular complexity index is 1310. The standard InChI is InChI=1S/C28H33BrF6N6O/c1-3-40(14-18-4-6-19(17-42)7-5-18)25-9-8-24(29)12-21(25)16-41(26-36-38-39(2)37-26)15-20-10-22(27(30,31)32)13-23(11-20)28(33,34)35/h8-13,18-19,42H,3-7,14-17H2,1-2H3. The fourth-order valence-electron chi connectivity index (χ4n) is 5.43. The predicted molar refractivity (Wildman–Crippen MR) is 150 cm³/mol. The lowest BCUT2D eigenvalue weighted by molar-refractivity contribution is -0.143. The Morgan fingerprint density at radius 2 is 1.52 bits per heavy atom. The van der Waals surface area contributed by atoms with Crippen LogP contribution in [0.4, 0.5) is 38.0 Å². The molecule has 3 aromatic rings. The molecule has 1 aromatic heterocycles. The molecule has 4 rings (SSSR count). The lowest BCUT2D eigenvalue weighted by Crippen LogP contribution is -2.33. The highest BCUT2D eigenvalue weighted by atomic mass is 79.9. The highest BCUT2D eigenvalue weighted by molar-refractivity contribution is 9.10. The fraction of sp³-hybridized carbons (Fsp3) is 0.536. The van der Waals surface area contributed by atoms with Gasteiger partial charge in [-0.2, -0.15) is 31.1 Å². The number of hydrogen-bond acceptors (Lipinski definition) is 6. The fourth-order valence-corrected chi connectivity index (χ4v) is 5.84. The van der Waals surface area contributed by atoms with Gasteiger partial charge in [-0.3, -0.25) is 0 Å². The summed E-state index contributed by atoms with van der Waals surface area (Å²) in [7, 11) is 1.52. The summed E-state index contributed by atoms with van der Waals surface area (Å²) in [6.07, 6.45) is -5.98. The summed E-state index contributed by atoms with van der Waals surface area (Å²) in [6.45, 7) is 3.50. The maximum Gasteiger partial charge on any atom is 0.416 e. The van der Waals surface area contributed by atoms with Crippen molar-refractivity contribution in [1.29, 1.82) is 0 Å². The first-order chi connectivity index (χ1) is 19.8. The van der Waals surface area contributed by atoms with Crippen LogP contribution in [-0.4, -0.2) is 45.0 Å². The van der Waals surface area contributed by atoms with Gasteiger partial charge in [-0.05, 0) is 97.2 Å². The molecule has 0 bridgehead atoms. The number of alkyl halides is 6. The minimum atomic E-state index is -4.96. The summed E-state index contributed by atoms with van der Waals surface area (Å²) in [5.74, 6) is 0.842. The van der Waals surface area contributed by atoms with Gasteiger partial charge in [-0.25, -0.2) is 0 Å². The maximum absolute atomic E-state index is 13.6. The first-order valence-electron chi connectivity index (χ1n) is 13.7. The van der Waals surface area contributed by atoms with Gasteiger partial charge in [0.25, 0.3) is 5.95 Å². The molecular weight excluding hydrogens is 630 g/mol. The number of aliphatic hydroxyl groups is 1. The van der Waals surface area contributed by atoms with Crippen molar-refractivity contribution >= 4 is 27.6 Å². The molecular formula is C28H33BrF6N6O. The van der Waals surface area contributed by atoms with Gasteiger partial charge >= 0.3 is 12.4 Å². The largest absolute Gasteiger partial charge is 0.416 e. The van der Waals surface area contributed by atoms with E-state index in [1.54, 1.807) is 0 Å².